The van der Waals surface area contributed by atoms with Crippen LogP contribution in [0.2, 0.25) is 0 Å². The molecule has 1 fully saturated rings. The number of hydrogen-bond acceptors (Lipinski definition) is 5. The van der Waals surface area contributed by atoms with Crippen LogP contribution in [0.4, 0.5) is 0 Å². The lowest BCUT2D eigenvalue weighted by molar-refractivity contribution is 0.219. The van der Waals surface area contributed by atoms with Crippen molar-refractivity contribution in [3.63, 3.8) is 0 Å². The fourth-order valence-corrected chi connectivity index (χ4v) is 3.39. The Morgan fingerprint density at radius 3 is 2.71 bits per heavy atom. The van der Waals surface area contributed by atoms with E-state index in [-0.39, 0.29) is 0 Å². The van der Waals surface area contributed by atoms with E-state index in [1.807, 2.05) is 0 Å². The van der Waals surface area contributed by atoms with E-state index in [2.05, 4.69) is 43.1 Å². The fraction of sp³-hybridized carbons (Fsp3) is 0.750. The van der Waals surface area contributed by atoms with Gasteiger partial charge in [-0.15, -0.1) is 0 Å². The van der Waals surface area contributed by atoms with Gasteiger partial charge in [0.25, 0.3) is 0 Å². The summed E-state index contributed by atoms with van der Waals surface area (Å²) in [6.45, 7) is 9.55. The third-order valence-corrected chi connectivity index (χ3v) is 4.65. The number of hydrogen-bond donors (Lipinski definition) is 1. The number of likely N-dealkylation sites (N-methyl/N-ethyl adjacent to an activating group) is 2. The Labute approximate surface area is 127 Å². The van der Waals surface area contributed by atoms with Crippen molar-refractivity contribution in [2.24, 2.45) is 0 Å². The van der Waals surface area contributed by atoms with Gasteiger partial charge in [-0.05, 0) is 39.5 Å². The van der Waals surface area contributed by atoms with Crippen molar-refractivity contribution in [2.45, 2.75) is 45.3 Å². The number of rotatable bonds is 2. The van der Waals surface area contributed by atoms with Crippen LogP contribution in [-0.2, 0) is 13.1 Å². The van der Waals surface area contributed by atoms with Crippen LogP contribution in [0.15, 0.2) is 0 Å². The van der Waals surface area contributed by atoms with Crippen molar-refractivity contribution in [1.29, 1.82) is 0 Å². The van der Waals surface area contributed by atoms with E-state index >= 15 is 0 Å². The summed E-state index contributed by atoms with van der Waals surface area (Å²) in [4.78, 5) is 14.7. The Kier molecular flexibility index (Phi) is 4.24. The second-order valence-corrected chi connectivity index (χ2v) is 6.76. The molecular formula is C16H27N5. The van der Waals surface area contributed by atoms with Crippen LogP contribution in [0.25, 0.3) is 0 Å². The Morgan fingerprint density at radius 2 is 1.95 bits per heavy atom. The number of nitrogens with zero attached hydrogens (tertiary/aromatic N) is 4. The molecular weight excluding hydrogens is 262 g/mol. The molecule has 0 aliphatic carbocycles. The molecule has 3 rings (SSSR count). The Morgan fingerprint density at radius 1 is 1.14 bits per heavy atom. The standard InChI is InChI=1S/C16H27N5/c1-11(2)15-12-8-17-9-13(12)18-16(19-15)14-10-20(3)6-5-7-21(14)4/h11,14,17H,5-10H2,1-4H3. The van der Waals surface area contributed by atoms with Gasteiger partial charge in [0.1, 0.15) is 5.82 Å². The Bertz CT molecular complexity index is 514. The Balaban J connectivity index is 1.99. The third-order valence-electron chi connectivity index (χ3n) is 4.65. The van der Waals surface area contributed by atoms with E-state index in [1.165, 1.54) is 23.4 Å². The molecule has 0 bridgehead atoms. The molecule has 21 heavy (non-hydrogen) atoms. The molecule has 1 saturated heterocycles. The zero-order valence-corrected chi connectivity index (χ0v) is 13.7. The molecule has 3 heterocycles. The van der Waals surface area contributed by atoms with E-state index in [9.17, 15) is 0 Å². The normalized spacial score (nSPS) is 24.3. The highest BCUT2D eigenvalue weighted by Gasteiger charge is 2.28. The van der Waals surface area contributed by atoms with Crippen LogP contribution in [0, 0.1) is 0 Å². The van der Waals surface area contributed by atoms with Crippen molar-refractivity contribution in [3.05, 3.63) is 22.8 Å². The quantitative estimate of drug-likeness (QED) is 0.894. The van der Waals surface area contributed by atoms with E-state index in [1.54, 1.807) is 0 Å². The molecule has 5 heteroatoms. The highest BCUT2D eigenvalue weighted by atomic mass is 15.2. The van der Waals surface area contributed by atoms with Crippen molar-refractivity contribution < 1.29 is 0 Å². The van der Waals surface area contributed by atoms with Gasteiger partial charge in [0.2, 0.25) is 0 Å². The van der Waals surface area contributed by atoms with Crippen molar-refractivity contribution in [3.8, 4) is 0 Å². The smallest absolute Gasteiger partial charge is 0.147 e. The van der Waals surface area contributed by atoms with Crippen LogP contribution in [0.5, 0.6) is 0 Å². The summed E-state index contributed by atoms with van der Waals surface area (Å²) in [6.07, 6.45) is 1.22. The zero-order chi connectivity index (χ0) is 15.0. The lowest BCUT2D eigenvalue weighted by Crippen LogP contribution is -2.32. The van der Waals surface area contributed by atoms with E-state index in [0.717, 1.165) is 38.5 Å². The maximum absolute atomic E-state index is 4.97. The minimum Gasteiger partial charge on any atom is -0.307 e. The maximum atomic E-state index is 4.97. The lowest BCUT2D eigenvalue weighted by atomic mass is 10.0. The van der Waals surface area contributed by atoms with Gasteiger partial charge in [-0.2, -0.15) is 0 Å². The highest BCUT2D eigenvalue weighted by Crippen LogP contribution is 2.27. The SMILES string of the molecule is CC(C)c1nc(C2CN(C)CCCN2C)nc2c1CNC2. The van der Waals surface area contributed by atoms with Crippen LogP contribution in [-0.4, -0.2) is 53.5 Å². The van der Waals surface area contributed by atoms with Gasteiger partial charge in [0.15, 0.2) is 0 Å². The predicted octanol–water partition coefficient (Wildman–Crippen LogP) is 1.51. The minimum atomic E-state index is 0.306. The molecule has 1 aromatic heterocycles. The number of fused-ring (bicyclic) bond motifs is 1. The molecule has 0 aromatic carbocycles. The van der Waals surface area contributed by atoms with Gasteiger partial charge in [-0.25, -0.2) is 9.97 Å². The van der Waals surface area contributed by atoms with Gasteiger partial charge in [-0.3, -0.25) is 4.90 Å². The molecule has 0 saturated carbocycles. The summed E-state index contributed by atoms with van der Waals surface area (Å²) in [6, 6.07) is 0.306. The summed E-state index contributed by atoms with van der Waals surface area (Å²) in [7, 11) is 4.40. The van der Waals surface area contributed by atoms with Gasteiger partial charge in [0, 0.05) is 25.2 Å². The summed E-state index contributed by atoms with van der Waals surface area (Å²) in [5.41, 5.74) is 3.78. The van der Waals surface area contributed by atoms with Crippen molar-refractivity contribution >= 4 is 0 Å². The van der Waals surface area contributed by atoms with Gasteiger partial charge < -0.3 is 10.2 Å². The van der Waals surface area contributed by atoms with Crippen molar-refractivity contribution in [1.82, 2.24) is 25.1 Å². The minimum absolute atomic E-state index is 0.306. The summed E-state index contributed by atoms with van der Waals surface area (Å²) < 4.78 is 0. The summed E-state index contributed by atoms with van der Waals surface area (Å²) in [5.74, 6) is 1.46. The van der Waals surface area contributed by atoms with Gasteiger partial charge in [-0.1, -0.05) is 13.8 Å². The average molecular weight is 289 g/mol. The lowest BCUT2D eigenvalue weighted by Gasteiger charge is -2.27. The molecule has 0 amide bonds. The van der Waals surface area contributed by atoms with Crippen LogP contribution in [0.1, 0.15) is 55.0 Å². The Hall–Kier alpha value is -1.04. The molecule has 1 unspecified atom stereocenters. The molecule has 2 aliphatic heterocycles. The number of aromatic nitrogens is 2. The molecule has 1 atom stereocenters. The molecule has 2 aliphatic rings. The average Bonchev–Trinajstić information content (AvgIpc) is 2.84. The first kappa shape index (κ1) is 14.9. The van der Waals surface area contributed by atoms with E-state index in [4.69, 9.17) is 9.97 Å². The van der Waals surface area contributed by atoms with Crippen LogP contribution < -0.4 is 5.32 Å². The fourth-order valence-electron chi connectivity index (χ4n) is 3.39. The first-order chi connectivity index (χ1) is 10.1. The van der Waals surface area contributed by atoms with Crippen LogP contribution in [0.3, 0.4) is 0 Å². The monoisotopic (exact) mass is 289 g/mol. The zero-order valence-electron chi connectivity index (χ0n) is 13.7. The first-order valence-electron chi connectivity index (χ1n) is 8.05. The molecule has 1 N–H and O–H groups in total. The van der Waals surface area contributed by atoms with E-state index in [0.29, 0.717) is 12.0 Å². The van der Waals surface area contributed by atoms with Gasteiger partial charge in [0.05, 0.1) is 17.4 Å². The largest absolute Gasteiger partial charge is 0.307 e. The molecule has 1 aromatic rings. The second-order valence-electron chi connectivity index (χ2n) is 6.76. The third kappa shape index (κ3) is 2.96. The van der Waals surface area contributed by atoms with E-state index < -0.39 is 0 Å². The maximum Gasteiger partial charge on any atom is 0.147 e. The van der Waals surface area contributed by atoms with Crippen molar-refractivity contribution in [2.75, 3.05) is 33.7 Å². The van der Waals surface area contributed by atoms with Gasteiger partial charge >= 0.3 is 0 Å². The molecule has 0 spiro atoms. The molecule has 5 nitrogen and oxygen atoms in total. The summed E-state index contributed by atoms with van der Waals surface area (Å²) >= 11 is 0. The second kappa shape index (κ2) is 5.99. The predicted molar refractivity (Wildman–Crippen MR) is 84.1 cm³/mol. The molecule has 116 valence electrons. The number of nitrogens with one attached hydrogen (secondary N) is 1. The molecule has 0 radical (unpaired) electrons. The topological polar surface area (TPSA) is 44.3 Å². The van der Waals surface area contributed by atoms with Crippen LogP contribution >= 0.6 is 0 Å². The highest BCUT2D eigenvalue weighted by molar-refractivity contribution is 5.31. The summed E-state index contributed by atoms with van der Waals surface area (Å²) in [5, 5.41) is 3.42. The first-order valence-corrected chi connectivity index (χ1v) is 8.05.